The molecule has 0 saturated heterocycles. The first kappa shape index (κ1) is 16.4. The molecule has 0 radical (unpaired) electrons. The van der Waals surface area contributed by atoms with Gasteiger partial charge in [0.2, 0.25) is 0 Å². The molecule has 0 aromatic carbocycles. The van der Waals surface area contributed by atoms with Crippen molar-refractivity contribution in [3.63, 3.8) is 0 Å². The van der Waals surface area contributed by atoms with Gasteiger partial charge in [-0.15, -0.1) is 0 Å². The Bertz CT molecular complexity index is 206. The van der Waals surface area contributed by atoms with Gasteiger partial charge in [0.15, 0.2) is 0 Å². The van der Waals surface area contributed by atoms with E-state index in [1.807, 2.05) is 0 Å². The zero-order chi connectivity index (χ0) is 12.9. The van der Waals surface area contributed by atoms with E-state index in [1.165, 1.54) is 44.9 Å². The minimum atomic E-state index is 0.325. The van der Waals surface area contributed by atoms with Crippen molar-refractivity contribution >= 4 is 5.78 Å². The predicted molar refractivity (Wildman–Crippen MR) is 76.2 cm³/mol. The lowest BCUT2D eigenvalue weighted by molar-refractivity contribution is -0.117. The van der Waals surface area contributed by atoms with Crippen molar-refractivity contribution < 1.29 is 4.79 Å². The van der Waals surface area contributed by atoms with Crippen molar-refractivity contribution in [3.8, 4) is 0 Å². The van der Waals surface area contributed by atoms with Crippen LogP contribution in [0.1, 0.15) is 78.6 Å². The zero-order valence-corrected chi connectivity index (χ0v) is 12.0. The van der Waals surface area contributed by atoms with E-state index in [2.05, 4.69) is 26.0 Å². The van der Waals surface area contributed by atoms with Crippen molar-refractivity contribution in [2.45, 2.75) is 78.6 Å². The smallest absolute Gasteiger partial charge is 0.129 e. The second kappa shape index (κ2) is 11.9. The predicted octanol–water partition coefficient (Wildman–Crippen LogP) is 5.30. The molecule has 100 valence electrons. The van der Waals surface area contributed by atoms with Crippen molar-refractivity contribution in [1.82, 2.24) is 0 Å². The maximum atomic E-state index is 10.7. The van der Waals surface area contributed by atoms with Gasteiger partial charge in [0.1, 0.15) is 5.78 Å². The zero-order valence-electron chi connectivity index (χ0n) is 12.0. The van der Waals surface area contributed by atoms with E-state index < -0.39 is 0 Å². The second-order valence-electron chi connectivity index (χ2n) is 5.22. The first-order valence-electron chi connectivity index (χ1n) is 7.31. The summed E-state index contributed by atoms with van der Waals surface area (Å²) in [5.41, 5.74) is 0. The maximum absolute atomic E-state index is 10.7. The normalized spacial score (nSPS) is 13.1. The minimum Gasteiger partial charge on any atom is -0.300 e. The molecule has 0 aliphatic carbocycles. The molecule has 0 saturated carbocycles. The van der Waals surface area contributed by atoms with E-state index in [4.69, 9.17) is 0 Å². The largest absolute Gasteiger partial charge is 0.300 e. The lowest BCUT2D eigenvalue weighted by Gasteiger charge is -2.05. The molecule has 0 aromatic heterocycles. The molecule has 17 heavy (non-hydrogen) atoms. The summed E-state index contributed by atoms with van der Waals surface area (Å²) in [5, 5.41) is 0. The molecule has 0 aliphatic heterocycles. The third kappa shape index (κ3) is 13.3. The number of allylic oxidation sites excluding steroid dienone is 2. The van der Waals surface area contributed by atoms with Crippen LogP contribution in [0.4, 0.5) is 0 Å². The van der Waals surface area contributed by atoms with Gasteiger partial charge in [-0.05, 0) is 44.9 Å². The molecule has 0 heterocycles. The van der Waals surface area contributed by atoms with Crippen molar-refractivity contribution in [1.29, 1.82) is 0 Å². The third-order valence-corrected chi connectivity index (χ3v) is 3.33. The number of ketones is 1. The Morgan fingerprint density at radius 3 is 2.29 bits per heavy atom. The topological polar surface area (TPSA) is 17.1 Å². The molecule has 0 spiro atoms. The van der Waals surface area contributed by atoms with Crippen LogP contribution in [0.25, 0.3) is 0 Å². The number of carbonyl (C=O) groups excluding carboxylic acids is 1. The molecule has 1 atom stereocenters. The van der Waals surface area contributed by atoms with Crippen LogP contribution in [0.15, 0.2) is 12.2 Å². The van der Waals surface area contributed by atoms with Crippen molar-refractivity contribution in [3.05, 3.63) is 12.2 Å². The van der Waals surface area contributed by atoms with E-state index in [-0.39, 0.29) is 0 Å². The van der Waals surface area contributed by atoms with Gasteiger partial charge >= 0.3 is 0 Å². The van der Waals surface area contributed by atoms with Crippen LogP contribution in [0, 0.1) is 5.92 Å². The number of Topliss-reactive ketones (excluding diaryl/α,β-unsaturated/α-hetero) is 1. The van der Waals surface area contributed by atoms with Gasteiger partial charge in [-0.2, -0.15) is 0 Å². The summed E-state index contributed by atoms with van der Waals surface area (Å²) < 4.78 is 0. The van der Waals surface area contributed by atoms with Crippen molar-refractivity contribution in [2.24, 2.45) is 5.92 Å². The number of hydrogen-bond donors (Lipinski definition) is 0. The van der Waals surface area contributed by atoms with Crippen LogP contribution < -0.4 is 0 Å². The van der Waals surface area contributed by atoms with Gasteiger partial charge in [0.05, 0.1) is 0 Å². The van der Waals surface area contributed by atoms with Crippen LogP contribution in [0.2, 0.25) is 0 Å². The van der Waals surface area contributed by atoms with E-state index in [0.29, 0.717) is 5.78 Å². The summed E-state index contributed by atoms with van der Waals surface area (Å²) in [4.78, 5) is 10.7. The summed E-state index contributed by atoms with van der Waals surface area (Å²) in [7, 11) is 0. The average molecular weight is 238 g/mol. The summed E-state index contributed by atoms with van der Waals surface area (Å²) in [5.74, 6) is 1.21. The van der Waals surface area contributed by atoms with E-state index in [1.54, 1.807) is 6.92 Å². The molecule has 1 nitrogen and oxygen atoms in total. The Labute approximate surface area is 108 Å². The molecule has 0 unspecified atom stereocenters. The Morgan fingerprint density at radius 2 is 1.71 bits per heavy atom. The Morgan fingerprint density at radius 1 is 1.06 bits per heavy atom. The van der Waals surface area contributed by atoms with E-state index in [0.717, 1.165) is 18.8 Å². The summed E-state index contributed by atoms with van der Waals surface area (Å²) >= 11 is 0. The molecular weight excluding hydrogens is 208 g/mol. The Balaban J connectivity index is 3.17. The standard InChI is InChI=1S/C16H30O/c1-4-15(2)13-11-9-7-5-6-8-10-12-14-16(3)17/h5,7,15H,4,6,8-14H2,1-3H3/b7-5-/t15-/m0/s1. The highest BCUT2D eigenvalue weighted by Gasteiger charge is 1.96. The van der Waals surface area contributed by atoms with Crippen LogP contribution in [-0.2, 0) is 4.79 Å². The number of hydrogen-bond acceptors (Lipinski definition) is 1. The second-order valence-corrected chi connectivity index (χ2v) is 5.22. The highest BCUT2D eigenvalue weighted by molar-refractivity contribution is 5.75. The Kier molecular flexibility index (Phi) is 11.5. The minimum absolute atomic E-state index is 0.325. The van der Waals surface area contributed by atoms with Crippen LogP contribution in [0.5, 0.6) is 0 Å². The monoisotopic (exact) mass is 238 g/mol. The maximum Gasteiger partial charge on any atom is 0.129 e. The van der Waals surface area contributed by atoms with Gasteiger partial charge < -0.3 is 4.79 Å². The fourth-order valence-corrected chi connectivity index (χ4v) is 1.84. The van der Waals surface area contributed by atoms with Gasteiger partial charge in [-0.3, -0.25) is 0 Å². The SMILES string of the molecule is CC[C@H](C)CCC/C=C\CCCCCC(C)=O. The molecule has 0 aliphatic rings. The first-order chi connectivity index (χ1) is 8.16. The lowest BCUT2D eigenvalue weighted by Crippen LogP contribution is -1.90. The van der Waals surface area contributed by atoms with Gasteiger partial charge in [0.25, 0.3) is 0 Å². The molecule has 0 N–H and O–H groups in total. The average Bonchev–Trinajstić information content (AvgIpc) is 2.30. The summed E-state index contributed by atoms with van der Waals surface area (Å²) in [6.07, 6.45) is 15.3. The fourth-order valence-electron chi connectivity index (χ4n) is 1.84. The number of rotatable bonds is 11. The molecule has 0 fully saturated rings. The molecule has 0 aromatic rings. The number of carbonyl (C=O) groups is 1. The highest BCUT2D eigenvalue weighted by atomic mass is 16.1. The quantitative estimate of drug-likeness (QED) is 0.353. The fraction of sp³-hybridized carbons (Fsp3) is 0.812. The summed E-state index contributed by atoms with van der Waals surface area (Å²) in [6, 6.07) is 0. The van der Waals surface area contributed by atoms with Crippen LogP contribution in [-0.4, -0.2) is 5.78 Å². The van der Waals surface area contributed by atoms with Gasteiger partial charge in [-0.25, -0.2) is 0 Å². The van der Waals surface area contributed by atoms with Crippen LogP contribution >= 0.6 is 0 Å². The highest BCUT2D eigenvalue weighted by Crippen LogP contribution is 2.11. The van der Waals surface area contributed by atoms with Gasteiger partial charge in [-0.1, -0.05) is 45.3 Å². The molecule has 0 rings (SSSR count). The molecule has 0 amide bonds. The van der Waals surface area contributed by atoms with E-state index >= 15 is 0 Å². The number of unbranched alkanes of at least 4 members (excludes halogenated alkanes) is 4. The van der Waals surface area contributed by atoms with Crippen LogP contribution in [0.3, 0.4) is 0 Å². The summed E-state index contributed by atoms with van der Waals surface area (Å²) in [6.45, 7) is 6.28. The third-order valence-electron chi connectivity index (χ3n) is 3.33. The van der Waals surface area contributed by atoms with E-state index in [9.17, 15) is 4.79 Å². The molecular formula is C16H30O. The Hall–Kier alpha value is -0.590. The van der Waals surface area contributed by atoms with Crippen molar-refractivity contribution in [2.75, 3.05) is 0 Å². The van der Waals surface area contributed by atoms with Gasteiger partial charge in [0, 0.05) is 6.42 Å². The lowest BCUT2D eigenvalue weighted by atomic mass is 10.0. The molecule has 1 heteroatoms. The first-order valence-corrected chi connectivity index (χ1v) is 7.31. The molecule has 0 bridgehead atoms.